The Labute approximate surface area is 142 Å². The first-order valence-corrected chi connectivity index (χ1v) is 8.23. The van der Waals surface area contributed by atoms with Crippen molar-refractivity contribution in [1.29, 1.82) is 0 Å². The number of carbonyl (C=O) groups excluding carboxylic acids is 1. The predicted octanol–water partition coefficient (Wildman–Crippen LogP) is 2.35. The van der Waals surface area contributed by atoms with Gasteiger partial charge in [-0.05, 0) is 31.9 Å². The van der Waals surface area contributed by atoms with Crippen LogP contribution in [0.3, 0.4) is 0 Å². The lowest BCUT2D eigenvalue weighted by molar-refractivity contribution is -0.385. The maximum atomic E-state index is 12.3. The molecule has 1 aliphatic rings. The van der Waals surface area contributed by atoms with Crippen LogP contribution in [0, 0.1) is 10.1 Å². The SMILES string of the molecule is CCCNC(=O)c1cc(CN2CCOCC2(C)C)ccc1[N+](=O)[O-]. The number of morpholine rings is 1. The van der Waals surface area contributed by atoms with E-state index in [4.69, 9.17) is 4.74 Å². The zero-order valence-corrected chi connectivity index (χ0v) is 14.5. The molecule has 1 fully saturated rings. The first-order valence-electron chi connectivity index (χ1n) is 8.23. The van der Waals surface area contributed by atoms with Crippen molar-refractivity contribution >= 4 is 11.6 Å². The van der Waals surface area contributed by atoms with E-state index in [2.05, 4.69) is 24.1 Å². The van der Waals surface area contributed by atoms with Crippen molar-refractivity contribution in [3.63, 3.8) is 0 Å². The van der Waals surface area contributed by atoms with Crippen molar-refractivity contribution in [2.45, 2.75) is 39.3 Å². The van der Waals surface area contributed by atoms with Gasteiger partial charge in [0, 0.05) is 31.2 Å². The molecule has 0 bridgehead atoms. The molecule has 1 aliphatic heterocycles. The van der Waals surface area contributed by atoms with Gasteiger partial charge in [-0.3, -0.25) is 19.8 Å². The Morgan fingerprint density at radius 3 is 2.83 bits per heavy atom. The highest BCUT2D eigenvalue weighted by Gasteiger charge is 2.31. The van der Waals surface area contributed by atoms with Gasteiger partial charge in [0.25, 0.3) is 11.6 Å². The second-order valence-corrected chi connectivity index (χ2v) is 6.65. The molecule has 1 N–H and O–H groups in total. The number of ether oxygens (including phenoxy) is 1. The summed E-state index contributed by atoms with van der Waals surface area (Å²) in [6.45, 7) is 9.37. The lowest BCUT2D eigenvalue weighted by Crippen LogP contribution is -2.52. The van der Waals surface area contributed by atoms with Crippen molar-refractivity contribution in [3.8, 4) is 0 Å². The van der Waals surface area contributed by atoms with Crippen molar-refractivity contribution in [3.05, 3.63) is 39.4 Å². The molecule has 0 saturated carbocycles. The van der Waals surface area contributed by atoms with Gasteiger partial charge >= 0.3 is 0 Å². The van der Waals surface area contributed by atoms with E-state index in [0.29, 0.717) is 26.3 Å². The molecule has 0 radical (unpaired) electrons. The van der Waals surface area contributed by atoms with Crippen molar-refractivity contribution in [2.24, 2.45) is 0 Å². The van der Waals surface area contributed by atoms with Crippen LogP contribution in [0.2, 0.25) is 0 Å². The Morgan fingerprint density at radius 2 is 2.21 bits per heavy atom. The topological polar surface area (TPSA) is 84.7 Å². The molecule has 1 amide bonds. The van der Waals surface area contributed by atoms with Gasteiger partial charge in [0.15, 0.2) is 0 Å². The van der Waals surface area contributed by atoms with Crippen LogP contribution in [0.15, 0.2) is 18.2 Å². The van der Waals surface area contributed by atoms with E-state index in [1.54, 1.807) is 12.1 Å². The number of benzene rings is 1. The zero-order chi connectivity index (χ0) is 17.7. The standard InChI is InChI=1S/C17H25N3O4/c1-4-7-18-16(21)14-10-13(5-6-15(14)20(22)23)11-19-8-9-24-12-17(19,2)3/h5-6,10H,4,7-9,11-12H2,1-3H3,(H,18,21). The maximum Gasteiger partial charge on any atom is 0.282 e. The van der Waals surface area contributed by atoms with Gasteiger partial charge in [0.2, 0.25) is 0 Å². The summed E-state index contributed by atoms with van der Waals surface area (Å²) in [5.74, 6) is -0.397. The molecule has 0 spiro atoms. The molecule has 7 nitrogen and oxygen atoms in total. The minimum Gasteiger partial charge on any atom is -0.378 e. The number of rotatable bonds is 6. The molecule has 0 aliphatic carbocycles. The van der Waals surface area contributed by atoms with Crippen LogP contribution < -0.4 is 5.32 Å². The number of hydrogen-bond donors (Lipinski definition) is 1. The average molecular weight is 335 g/mol. The van der Waals surface area contributed by atoms with Crippen LogP contribution in [0.1, 0.15) is 43.1 Å². The monoisotopic (exact) mass is 335 g/mol. The number of nitrogens with one attached hydrogen (secondary N) is 1. The number of nitro groups is 1. The Bertz CT molecular complexity index is 616. The number of nitro benzene ring substituents is 1. The number of amides is 1. The molecular weight excluding hydrogens is 310 g/mol. The molecule has 132 valence electrons. The first kappa shape index (κ1) is 18.4. The summed E-state index contributed by atoms with van der Waals surface area (Å²) in [6, 6.07) is 4.78. The molecule has 1 saturated heterocycles. The third-order valence-electron chi connectivity index (χ3n) is 4.23. The fourth-order valence-corrected chi connectivity index (χ4v) is 2.76. The average Bonchev–Trinajstić information content (AvgIpc) is 2.54. The third kappa shape index (κ3) is 4.30. The molecular formula is C17H25N3O4. The van der Waals surface area contributed by atoms with Gasteiger partial charge in [-0.15, -0.1) is 0 Å². The first-order chi connectivity index (χ1) is 11.3. The minimum absolute atomic E-state index is 0.106. The fraction of sp³-hybridized carbons (Fsp3) is 0.588. The van der Waals surface area contributed by atoms with E-state index in [0.717, 1.165) is 18.5 Å². The number of nitrogens with zero attached hydrogens (tertiary/aromatic N) is 2. The Morgan fingerprint density at radius 1 is 1.46 bits per heavy atom. The van der Waals surface area contributed by atoms with Crippen LogP contribution in [0.4, 0.5) is 5.69 Å². The van der Waals surface area contributed by atoms with Crippen LogP contribution in [0.5, 0.6) is 0 Å². The molecule has 1 heterocycles. The Balaban J connectivity index is 2.25. The van der Waals surface area contributed by atoms with Gasteiger partial charge in [-0.1, -0.05) is 13.0 Å². The summed E-state index contributed by atoms with van der Waals surface area (Å²) in [5, 5.41) is 13.9. The minimum atomic E-state index is -0.511. The van der Waals surface area contributed by atoms with Crippen LogP contribution in [0.25, 0.3) is 0 Å². The van der Waals surface area contributed by atoms with Crippen LogP contribution >= 0.6 is 0 Å². The summed E-state index contributed by atoms with van der Waals surface area (Å²) in [7, 11) is 0. The van der Waals surface area contributed by atoms with Gasteiger partial charge in [0.1, 0.15) is 5.56 Å². The van der Waals surface area contributed by atoms with Crippen molar-refractivity contribution in [2.75, 3.05) is 26.3 Å². The molecule has 7 heteroatoms. The van der Waals surface area contributed by atoms with Crippen molar-refractivity contribution < 1.29 is 14.5 Å². The van der Waals surface area contributed by atoms with E-state index < -0.39 is 10.8 Å². The van der Waals surface area contributed by atoms with Gasteiger partial charge < -0.3 is 10.1 Å². The predicted molar refractivity (Wildman–Crippen MR) is 91.0 cm³/mol. The molecule has 2 rings (SSSR count). The summed E-state index contributed by atoms with van der Waals surface area (Å²) in [4.78, 5) is 25.2. The van der Waals surface area contributed by atoms with Crippen LogP contribution in [-0.2, 0) is 11.3 Å². The van der Waals surface area contributed by atoms with Gasteiger partial charge in [-0.25, -0.2) is 0 Å². The lowest BCUT2D eigenvalue weighted by Gasteiger charge is -2.42. The van der Waals surface area contributed by atoms with E-state index >= 15 is 0 Å². The molecule has 24 heavy (non-hydrogen) atoms. The lowest BCUT2D eigenvalue weighted by atomic mass is 10.0. The van der Waals surface area contributed by atoms with E-state index in [1.807, 2.05) is 6.92 Å². The molecule has 0 aromatic heterocycles. The number of hydrogen-bond acceptors (Lipinski definition) is 5. The second kappa shape index (κ2) is 7.72. The molecule has 0 unspecified atom stereocenters. The van der Waals surface area contributed by atoms with E-state index in [-0.39, 0.29) is 16.8 Å². The fourth-order valence-electron chi connectivity index (χ4n) is 2.76. The summed E-state index contributed by atoms with van der Waals surface area (Å²) in [6.07, 6.45) is 0.779. The van der Waals surface area contributed by atoms with E-state index in [1.165, 1.54) is 6.07 Å². The number of carbonyl (C=O) groups is 1. The van der Waals surface area contributed by atoms with Crippen molar-refractivity contribution in [1.82, 2.24) is 10.2 Å². The zero-order valence-electron chi connectivity index (χ0n) is 14.5. The quantitative estimate of drug-likeness (QED) is 0.637. The Kier molecular flexibility index (Phi) is 5.90. The highest BCUT2D eigenvalue weighted by Crippen LogP contribution is 2.25. The van der Waals surface area contributed by atoms with Gasteiger partial charge in [-0.2, -0.15) is 0 Å². The summed E-state index contributed by atoms with van der Waals surface area (Å²) < 4.78 is 5.51. The Hall–Kier alpha value is -1.99. The summed E-state index contributed by atoms with van der Waals surface area (Å²) >= 11 is 0. The largest absolute Gasteiger partial charge is 0.378 e. The third-order valence-corrected chi connectivity index (χ3v) is 4.23. The van der Waals surface area contributed by atoms with Gasteiger partial charge in [0.05, 0.1) is 18.1 Å². The highest BCUT2D eigenvalue weighted by molar-refractivity contribution is 5.98. The molecule has 0 atom stereocenters. The second-order valence-electron chi connectivity index (χ2n) is 6.65. The molecule has 1 aromatic carbocycles. The molecule has 1 aromatic rings. The smallest absolute Gasteiger partial charge is 0.282 e. The summed E-state index contributed by atoms with van der Waals surface area (Å²) in [5.41, 5.74) is 0.743. The van der Waals surface area contributed by atoms with Crippen LogP contribution in [-0.4, -0.2) is 47.6 Å². The highest BCUT2D eigenvalue weighted by atomic mass is 16.6. The van der Waals surface area contributed by atoms with E-state index in [9.17, 15) is 14.9 Å². The normalized spacial score (nSPS) is 17.5. The maximum absolute atomic E-state index is 12.3.